The standard InChI is InChI=1S/C39H48O6/c1-25(16-17-33-27(3)19-31(43-28(4)40)24-37(33,5)6)14-12-10-11-13-15-26(2)18-30-20-32(36(42)44-30)34-21-35-38(7,8)22-29(41)23-39(35,9)45-34/h10-15,18,20-21,29,31,34,41H,19,22-24H2,1-9H3/b12-10+,13-11+,25-14+,26-15+,30-18-/t29-,31+,34+,39+/m0/s1. The van der Waals surface area contributed by atoms with E-state index >= 15 is 0 Å². The molecule has 4 atom stereocenters. The van der Waals surface area contributed by atoms with E-state index in [0.29, 0.717) is 24.2 Å². The van der Waals surface area contributed by atoms with Crippen LogP contribution in [0.15, 0.2) is 93.9 Å². The Hall–Kier alpha value is -3.66. The Morgan fingerprint density at radius 1 is 1.00 bits per heavy atom. The molecule has 1 fully saturated rings. The smallest absolute Gasteiger partial charge is 0.342 e. The minimum Gasteiger partial charge on any atom is -0.462 e. The third-order valence-electron chi connectivity index (χ3n) is 8.93. The normalized spacial score (nSPS) is 30.7. The first-order valence-electron chi connectivity index (χ1n) is 15.8. The van der Waals surface area contributed by atoms with Crippen molar-refractivity contribution in [2.45, 2.75) is 112 Å². The number of ether oxygens (including phenoxy) is 3. The lowest BCUT2D eigenvalue weighted by Gasteiger charge is -2.44. The van der Waals surface area contributed by atoms with Gasteiger partial charge >= 0.3 is 11.9 Å². The Balaban J connectivity index is 1.35. The zero-order valence-corrected chi connectivity index (χ0v) is 28.2. The molecule has 2 aliphatic heterocycles. The highest BCUT2D eigenvalue weighted by molar-refractivity contribution is 5.94. The minimum absolute atomic E-state index is 0.0905. The van der Waals surface area contributed by atoms with Crippen LogP contribution in [0.2, 0.25) is 0 Å². The summed E-state index contributed by atoms with van der Waals surface area (Å²) in [6.45, 7) is 18.0. The molecule has 0 bridgehead atoms. The average molecular weight is 613 g/mol. The van der Waals surface area contributed by atoms with Crippen LogP contribution in [0.3, 0.4) is 0 Å². The van der Waals surface area contributed by atoms with Crippen LogP contribution in [-0.4, -0.2) is 41.0 Å². The second-order valence-electron chi connectivity index (χ2n) is 14.3. The van der Waals surface area contributed by atoms with E-state index in [2.05, 4.69) is 46.5 Å². The van der Waals surface area contributed by atoms with Crippen LogP contribution in [0.5, 0.6) is 0 Å². The number of rotatable bonds is 6. The summed E-state index contributed by atoms with van der Waals surface area (Å²) in [5.74, 6) is 6.49. The van der Waals surface area contributed by atoms with E-state index in [4.69, 9.17) is 14.2 Å². The summed E-state index contributed by atoms with van der Waals surface area (Å²) in [5.41, 5.74) is 4.86. The summed E-state index contributed by atoms with van der Waals surface area (Å²) in [6, 6.07) is 0. The Morgan fingerprint density at radius 2 is 1.69 bits per heavy atom. The Labute approximate surface area is 269 Å². The maximum Gasteiger partial charge on any atom is 0.342 e. The largest absolute Gasteiger partial charge is 0.462 e. The molecule has 0 spiro atoms. The van der Waals surface area contributed by atoms with Gasteiger partial charge in [-0.05, 0) is 80.9 Å². The fourth-order valence-electron chi connectivity index (χ4n) is 7.23. The molecule has 1 N–H and O–H groups in total. The molecule has 45 heavy (non-hydrogen) atoms. The number of allylic oxidation sites excluding steroid dienone is 11. The number of aliphatic hydroxyl groups is 1. The first-order valence-corrected chi connectivity index (χ1v) is 15.8. The van der Waals surface area contributed by atoms with Crippen molar-refractivity contribution < 1.29 is 28.9 Å². The van der Waals surface area contributed by atoms with Gasteiger partial charge in [0.1, 0.15) is 18.0 Å². The van der Waals surface area contributed by atoms with Crippen LogP contribution in [-0.2, 0) is 23.8 Å². The van der Waals surface area contributed by atoms with Gasteiger partial charge in [-0.2, -0.15) is 0 Å². The highest BCUT2D eigenvalue weighted by Crippen LogP contribution is 2.52. The van der Waals surface area contributed by atoms with Gasteiger partial charge in [-0.1, -0.05) is 81.6 Å². The lowest BCUT2D eigenvalue weighted by Crippen LogP contribution is -2.45. The molecule has 0 amide bonds. The molecule has 0 aromatic carbocycles. The van der Waals surface area contributed by atoms with Gasteiger partial charge in [0.15, 0.2) is 0 Å². The summed E-state index contributed by atoms with van der Waals surface area (Å²) in [5, 5.41) is 10.4. The number of hydrogen-bond acceptors (Lipinski definition) is 6. The van der Waals surface area contributed by atoms with Crippen molar-refractivity contribution in [2.24, 2.45) is 10.8 Å². The number of esters is 2. The molecule has 0 radical (unpaired) electrons. The number of fused-ring (bicyclic) bond motifs is 1. The molecule has 0 aromatic heterocycles. The van der Waals surface area contributed by atoms with Gasteiger partial charge in [-0.3, -0.25) is 4.79 Å². The molecule has 2 heterocycles. The van der Waals surface area contributed by atoms with Crippen molar-refractivity contribution in [1.29, 1.82) is 0 Å². The van der Waals surface area contributed by atoms with Crippen molar-refractivity contribution in [3.63, 3.8) is 0 Å². The average Bonchev–Trinajstić information content (AvgIpc) is 3.43. The summed E-state index contributed by atoms with van der Waals surface area (Å²) in [6.07, 6.45) is 19.0. The monoisotopic (exact) mass is 612 g/mol. The Bertz CT molecular complexity index is 1540. The van der Waals surface area contributed by atoms with E-state index in [1.54, 1.807) is 6.08 Å². The second kappa shape index (κ2) is 13.4. The molecule has 4 aliphatic rings. The molecular formula is C39H48O6. The van der Waals surface area contributed by atoms with Crippen LogP contribution >= 0.6 is 0 Å². The molecule has 0 unspecified atom stereocenters. The number of cyclic esters (lactones) is 1. The molecule has 6 nitrogen and oxygen atoms in total. The molecule has 0 saturated heterocycles. The fourth-order valence-corrected chi connectivity index (χ4v) is 7.23. The van der Waals surface area contributed by atoms with Gasteiger partial charge in [0, 0.05) is 30.8 Å². The molecular weight excluding hydrogens is 564 g/mol. The number of aliphatic hydroxyl groups excluding tert-OH is 1. The lowest BCUT2D eigenvalue weighted by molar-refractivity contribution is -0.147. The highest BCUT2D eigenvalue weighted by atomic mass is 16.6. The Kier molecular flexibility index (Phi) is 10.2. The van der Waals surface area contributed by atoms with Crippen LogP contribution in [0, 0.1) is 22.7 Å². The van der Waals surface area contributed by atoms with Crippen molar-refractivity contribution in [3.8, 4) is 11.8 Å². The van der Waals surface area contributed by atoms with Gasteiger partial charge in [0.25, 0.3) is 0 Å². The van der Waals surface area contributed by atoms with Crippen LogP contribution in [0.4, 0.5) is 0 Å². The van der Waals surface area contributed by atoms with Crippen LogP contribution < -0.4 is 0 Å². The molecule has 0 aromatic rings. The zero-order valence-electron chi connectivity index (χ0n) is 28.2. The number of carbonyl (C=O) groups is 2. The summed E-state index contributed by atoms with van der Waals surface area (Å²) in [7, 11) is 0. The van der Waals surface area contributed by atoms with Gasteiger partial charge in [0.2, 0.25) is 0 Å². The topological polar surface area (TPSA) is 82.1 Å². The van der Waals surface area contributed by atoms with E-state index < -0.39 is 23.8 Å². The van der Waals surface area contributed by atoms with E-state index in [-0.39, 0.29) is 22.9 Å². The van der Waals surface area contributed by atoms with Crippen molar-refractivity contribution in [3.05, 3.63) is 93.9 Å². The van der Waals surface area contributed by atoms with Crippen LogP contribution in [0.25, 0.3) is 0 Å². The van der Waals surface area contributed by atoms with Crippen molar-refractivity contribution >= 4 is 11.9 Å². The van der Waals surface area contributed by atoms with Crippen molar-refractivity contribution in [1.82, 2.24) is 0 Å². The molecule has 6 heteroatoms. The summed E-state index contributed by atoms with van der Waals surface area (Å²) >= 11 is 0. The maximum atomic E-state index is 12.7. The Morgan fingerprint density at radius 3 is 2.36 bits per heavy atom. The predicted molar refractivity (Wildman–Crippen MR) is 177 cm³/mol. The quantitative estimate of drug-likeness (QED) is 0.143. The van der Waals surface area contributed by atoms with Gasteiger partial charge < -0.3 is 19.3 Å². The summed E-state index contributed by atoms with van der Waals surface area (Å²) in [4.78, 5) is 24.1. The van der Waals surface area contributed by atoms with Crippen molar-refractivity contribution in [2.75, 3.05) is 0 Å². The third-order valence-corrected chi connectivity index (χ3v) is 8.93. The molecule has 4 rings (SSSR count). The van der Waals surface area contributed by atoms with Gasteiger partial charge in [-0.15, -0.1) is 0 Å². The lowest BCUT2D eigenvalue weighted by atomic mass is 9.65. The minimum atomic E-state index is -0.589. The van der Waals surface area contributed by atoms with E-state index in [9.17, 15) is 14.7 Å². The number of carbonyl (C=O) groups excluding carboxylic acids is 2. The van der Waals surface area contributed by atoms with E-state index in [0.717, 1.165) is 35.1 Å². The SMILES string of the molecule is CC(=O)O[C@@H]1CC(C)=C(C#C/C(C)=C/C=C/C=C/C=C(C)/C=C2/C=C([C@H]3C=C4C(C)(C)C[C@H](O)C[C@@]4(C)O3)C(=O)O2)C(C)(C)C1. The van der Waals surface area contributed by atoms with E-state index in [1.165, 1.54) is 12.5 Å². The molecule has 240 valence electrons. The number of hydrogen-bond donors (Lipinski definition) is 1. The second-order valence-corrected chi connectivity index (χ2v) is 14.3. The molecule has 1 saturated carbocycles. The zero-order chi connectivity index (χ0) is 33.2. The maximum absolute atomic E-state index is 12.7. The van der Waals surface area contributed by atoms with Crippen LogP contribution in [0.1, 0.15) is 88.0 Å². The van der Waals surface area contributed by atoms with Gasteiger partial charge in [-0.25, -0.2) is 4.79 Å². The fraction of sp³-hybridized carbons (Fsp3) is 0.487. The van der Waals surface area contributed by atoms with E-state index in [1.807, 2.05) is 69.4 Å². The first kappa shape index (κ1) is 34.2. The molecule has 2 aliphatic carbocycles. The summed E-state index contributed by atoms with van der Waals surface area (Å²) < 4.78 is 17.4. The predicted octanol–water partition coefficient (Wildman–Crippen LogP) is 7.69. The van der Waals surface area contributed by atoms with Gasteiger partial charge in [0.05, 0.1) is 17.3 Å². The first-order chi connectivity index (χ1) is 21.0. The third kappa shape index (κ3) is 8.34. The highest BCUT2D eigenvalue weighted by Gasteiger charge is 2.52.